The van der Waals surface area contributed by atoms with Crippen molar-refractivity contribution in [3.05, 3.63) is 107 Å². The second kappa shape index (κ2) is 13.5. The summed E-state index contributed by atoms with van der Waals surface area (Å²) < 4.78 is 8.51. The quantitative estimate of drug-likeness (QED) is 0.148. The third-order valence-corrected chi connectivity index (χ3v) is 8.56. The number of aromatic nitrogens is 2. The first-order valence-electron chi connectivity index (χ1n) is 15.2. The summed E-state index contributed by atoms with van der Waals surface area (Å²) in [4.78, 5) is 29.2. The first kappa shape index (κ1) is 30.4. The summed E-state index contributed by atoms with van der Waals surface area (Å²) in [7, 11) is 0. The zero-order valence-electron chi connectivity index (χ0n) is 24.7. The van der Waals surface area contributed by atoms with Crippen molar-refractivity contribution in [2.24, 2.45) is 0 Å². The second-order valence-corrected chi connectivity index (χ2v) is 11.7. The molecule has 0 bridgehead atoms. The number of aliphatic hydroxyl groups is 1. The third-order valence-electron chi connectivity index (χ3n) is 8.31. The average Bonchev–Trinajstić information content (AvgIpc) is 3.46. The largest absolute Gasteiger partial charge is 0.489 e. The van der Waals surface area contributed by atoms with E-state index < -0.39 is 5.97 Å². The van der Waals surface area contributed by atoms with Gasteiger partial charge in [-0.05, 0) is 96.3 Å². The highest BCUT2D eigenvalue weighted by Crippen LogP contribution is 2.37. The Morgan fingerprint density at radius 3 is 2.31 bits per heavy atom. The number of fused-ring (bicyclic) bond motifs is 1. The molecular weight excluding hydrogens is 590 g/mol. The molecule has 1 saturated carbocycles. The van der Waals surface area contributed by atoms with Crippen molar-refractivity contribution in [1.29, 1.82) is 0 Å². The Bertz CT molecular complexity index is 1830. The molecule has 6 rings (SSSR count). The van der Waals surface area contributed by atoms with E-state index in [0.717, 1.165) is 59.3 Å². The van der Waals surface area contributed by atoms with E-state index in [2.05, 4.69) is 9.88 Å². The highest BCUT2D eigenvalue weighted by atomic mass is 35.5. The Morgan fingerprint density at radius 2 is 1.60 bits per heavy atom. The van der Waals surface area contributed by atoms with Crippen molar-refractivity contribution in [3.63, 3.8) is 0 Å². The number of benzene rings is 4. The second-order valence-electron chi connectivity index (χ2n) is 11.3. The molecule has 45 heavy (non-hydrogen) atoms. The van der Waals surface area contributed by atoms with Gasteiger partial charge in [0, 0.05) is 28.7 Å². The van der Waals surface area contributed by atoms with Crippen molar-refractivity contribution in [1.82, 2.24) is 14.9 Å². The van der Waals surface area contributed by atoms with Gasteiger partial charge in [-0.3, -0.25) is 4.79 Å². The minimum atomic E-state index is -0.967. The number of carboxylic acid groups (broad SMARTS) is 1. The SMILES string of the molecule is O=C(O)c1ccc2c(c1)nc(-c1ccc(OCc3ccc(C(=O)NCCO)cc3-c3ccc(Cl)cc3)cc1)n2C1CCCCC1. The molecule has 1 fully saturated rings. The molecule has 1 heterocycles. The van der Waals surface area contributed by atoms with E-state index >= 15 is 0 Å². The Kier molecular flexibility index (Phi) is 9.14. The number of carbonyl (C=O) groups excluding carboxylic acids is 1. The van der Waals surface area contributed by atoms with Gasteiger partial charge in [-0.15, -0.1) is 0 Å². The third kappa shape index (κ3) is 6.72. The highest BCUT2D eigenvalue weighted by Gasteiger charge is 2.23. The first-order chi connectivity index (χ1) is 21.9. The number of aliphatic hydroxyl groups excluding tert-OH is 1. The fraction of sp³-hybridized carbons (Fsp3) is 0.250. The summed E-state index contributed by atoms with van der Waals surface area (Å²) in [6, 6.07) is 26.2. The molecule has 4 aromatic carbocycles. The standard InChI is InChI=1S/C36H34ClN3O5/c37-28-13-8-23(9-14-28)31-20-25(35(42)38-18-19-41)6-7-27(31)22-45-30-15-10-24(11-16-30)34-39-32-21-26(36(43)44)12-17-33(32)40(34)29-4-2-1-3-5-29/h6-17,20-21,29,41H,1-5,18-19,22H2,(H,38,42)(H,43,44). The minimum Gasteiger partial charge on any atom is -0.489 e. The fourth-order valence-electron chi connectivity index (χ4n) is 6.02. The lowest BCUT2D eigenvalue weighted by molar-refractivity contribution is 0.0696. The van der Waals surface area contributed by atoms with Crippen LogP contribution in [0.3, 0.4) is 0 Å². The van der Waals surface area contributed by atoms with Crippen LogP contribution in [0.15, 0.2) is 84.9 Å². The number of nitrogens with zero attached hydrogens (tertiary/aromatic N) is 2. The number of carbonyl (C=O) groups is 2. The molecule has 1 aliphatic rings. The number of carboxylic acids is 1. The van der Waals surface area contributed by atoms with Crippen LogP contribution in [0, 0.1) is 0 Å². The lowest BCUT2D eigenvalue weighted by Crippen LogP contribution is -2.26. The predicted molar refractivity (Wildman–Crippen MR) is 175 cm³/mol. The van der Waals surface area contributed by atoms with E-state index in [1.54, 1.807) is 18.2 Å². The van der Waals surface area contributed by atoms with Crippen LogP contribution in [0.5, 0.6) is 5.75 Å². The molecule has 0 aliphatic heterocycles. The summed E-state index contributed by atoms with van der Waals surface area (Å²) in [5.41, 5.74) is 5.92. The summed E-state index contributed by atoms with van der Waals surface area (Å²) in [6.07, 6.45) is 5.69. The Morgan fingerprint density at radius 1 is 0.889 bits per heavy atom. The van der Waals surface area contributed by atoms with E-state index in [1.165, 1.54) is 6.42 Å². The van der Waals surface area contributed by atoms with Gasteiger partial charge < -0.3 is 24.8 Å². The predicted octanol–water partition coefficient (Wildman–Crippen LogP) is 7.53. The van der Waals surface area contributed by atoms with Crippen molar-refractivity contribution in [2.45, 2.75) is 44.8 Å². The lowest BCUT2D eigenvalue weighted by atomic mass is 9.95. The van der Waals surface area contributed by atoms with Crippen LogP contribution < -0.4 is 10.1 Å². The van der Waals surface area contributed by atoms with Crippen LogP contribution in [0.25, 0.3) is 33.5 Å². The molecule has 0 atom stereocenters. The number of amides is 1. The molecular formula is C36H34ClN3O5. The maximum atomic E-state index is 12.6. The molecule has 9 heteroatoms. The minimum absolute atomic E-state index is 0.134. The van der Waals surface area contributed by atoms with Gasteiger partial charge in [0.25, 0.3) is 5.91 Å². The molecule has 5 aromatic rings. The molecule has 1 aromatic heterocycles. The number of hydrogen-bond acceptors (Lipinski definition) is 5. The van der Waals surface area contributed by atoms with Gasteiger partial charge in [-0.2, -0.15) is 0 Å². The number of aromatic carboxylic acids is 1. The van der Waals surface area contributed by atoms with Gasteiger partial charge in [0.1, 0.15) is 18.2 Å². The van der Waals surface area contributed by atoms with Crippen molar-refractivity contribution in [2.75, 3.05) is 13.2 Å². The molecule has 1 aliphatic carbocycles. The van der Waals surface area contributed by atoms with E-state index in [1.807, 2.05) is 66.7 Å². The number of ether oxygens (including phenoxy) is 1. The lowest BCUT2D eigenvalue weighted by Gasteiger charge is -2.25. The Balaban J connectivity index is 1.27. The van der Waals surface area contributed by atoms with E-state index in [9.17, 15) is 14.7 Å². The molecule has 0 radical (unpaired) electrons. The maximum Gasteiger partial charge on any atom is 0.335 e. The van der Waals surface area contributed by atoms with Gasteiger partial charge in [0.05, 0.1) is 23.2 Å². The molecule has 0 saturated heterocycles. The van der Waals surface area contributed by atoms with Crippen molar-refractivity contribution in [3.8, 4) is 28.3 Å². The van der Waals surface area contributed by atoms with Gasteiger partial charge >= 0.3 is 5.97 Å². The van der Waals surface area contributed by atoms with Crippen LogP contribution in [0.1, 0.15) is 64.4 Å². The van der Waals surface area contributed by atoms with Gasteiger partial charge in [-0.1, -0.05) is 49.1 Å². The summed E-state index contributed by atoms with van der Waals surface area (Å²) in [5.74, 6) is 0.275. The molecule has 0 unspecified atom stereocenters. The van der Waals surface area contributed by atoms with Gasteiger partial charge in [-0.25, -0.2) is 9.78 Å². The van der Waals surface area contributed by atoms with E-state index in [-0.39, 0.29) is 31.2 Å². The maximum absolute atomic E-state index is 12.6. The summed E-state index contributed by atoms with van der Waals surface area (Å²) >= 11 is 6.13. The van der Waals surface area contributed by atoms with Crippen LogP contribution in [-0.2, 0) is 6.61 Å². The molecule has 230 valence electrons. The normalized spacial score (nSPS) is 13.6. The monoisotopic (exact) mass is 623 g/mol. The van der Waals surface area contributed by atoms with Gasteiger partial charge in [0.2, 0.25) is 0 Å². The fourth-order valence-corrected chi connectivity index (χ4v) is 6.14. The summed E-state index contributed by atoms with van der Waals surface area (Å²) in [6.45, 7) is 0.315. The Labute approximate surface area is 266 Å². The van der Waals surface area contributed by atoms with Crippen LogP contribution in [0.2, 0.25) is 5.02 Å². The molecule has 1 amide bonds. The topological polar surface area (TPSA) is 114 Å². The van der Waals surface area contributed by atoms with Gasteiger partial charge in [0.15, 0.2) is 0 Å². The smallest absolute Gasteiger partial charge is 0.335 e. The van der Waals surface area contributed by atoms with Crippen LogP contribution in [-0.4, -0.2) is 44.8 Å². The molecule has 0 spiro atoms. The van der Waals surface area contributed by atoms with Crippen LogP contribution in [0.4, 0.5) is 0 Å². The zero-order valence-corrected chi connectivity index (χ0v) is 25.5. The van der Waals surface area contributed by atoms with Crippen molar-refractivity contribution < 1.29 is 24.5 Å². The summed E-state index contributed by atoms with van der Waals surface area (Å²) in [5, 5.41) is 21.9. The zero-order chi connectivity index (χ0) is 31.3. The number of imidazole rings is 1. The molecule has 3 N–H and O–H groups in total. The van der Waals surface area contributed by atoms with Crippen molar-refractivity contribution >= 4 is 34.5 Å². The number of hydrogen-bond donors (Lipinski definition) is 3. The molecule has 8 nitrogen and oxygen atoms in total. The first-order valence-corrected chi connectivity index (χ1v) is 15.6. The Hall–Kier alpha value is -4.66. The highest BCUT2D eigenvalue weighted by molar-refractivity contribution is 6.30. The number of rotatable bonds is 10. The van der Waals surface area contributed by atoms with Crippen LogP contribution >= 0.6 is 11.6 Å². The number of nitrogens with one attached hydrogen (secondary N) is 1. The van der Waals surface area contributed by atoms with E-state index in [4.69, 9.17) is 26.4 Å². The number of halogens is 1. The van der Waals surface area contributed by atoms with E-state index in [0.29, 0.717) is 27.9 Å². The average molecular weight is 624 g/mol.